The molecule has 2 bridgehead atoms. The average molecular weight is 425 g/mol. The Balaban J connectivity index is 1.86. The fourth-order valence-electron chi connectivity index (χ4n) is 6.22. The molecule has 7 heteroatoms. The van der Waals surface area contributed by atoms with Gasteiger partial charge in [-0.05, 0) is 18.2 Å². The molecule has 0 N–H and O–H groups in total. The van der Waals surface area contributed by atoms with Crippen LogP contribution in [-0.4, -0.2) is 57.4 Å². The predicted molar refractivity (Wildman–Crippen MR) is 111 cm³/mol. The zero-order chi connectivity index (χ0) is 22.1. The second kappa shape index (κ2) is 6.50. The van der Waals surface area contributed by atoms with Crippen LogP contribution in [0, 0.1) is 16.7 Å². The Bertz CT molecular complexity index is 989. The molecular weight excluding hydrogens is 398 g/mol. The van der Waals surface area contributed by atoms with Gasteiger partial charge in [-0.25, -0.2) is 4.79 Å². The Hall–Kier alpha value is -2.51. The van der Waals surface area contributed by atoms with E-state index in [9.17, 15) is 9.59 Å². The zero-order valence-corrected chi connectivity index (χ0v) is 18.2. The Labute approximate surface area is 181 Å². The third-order valence-corrected chi connectivity index (χ3v) is 7.39. The lowest BCUT2D eigenvalue weighted by Crippen LogP contribution is -2.65. The number of aliphatic imine (C=N–C) groups is 1. The molecule has 2 aliphatic heterocycles. The first-order chi connectivity index (χ1) is 14.8. The summed E-state index contributed by atoms with van der Waals surface area (Å²) in [5, 5.41) is 0. The van der Waals surface area contributed by atoms with Crippen molar-refractivity contribution in [3.05, 3.63) is 47.5 Å². The van der Waals surface area contributed by atoms with Gasteiger partial charge in [0.2, 0.25) is 5.79 Å². The van der Waals surface area contributed by atoms with E-state index in [1.165, 1.54) is 14.2 Å². The molecule has 2 aliphatic carbocycles. The number of carbonyl (C=O) groups is 2. The van der Waals surface area contributed by atoms with Crippen LogP contribution in [0.5, 0.6) is 0 Å². The van der Waals surface area contributed by atoms with E-state index in [-0.39, 0.29) is 16.9 Å². The van der Waals surface area contributed by atoms with Crippen molar-refractivity contribution in [3.8, 4) is 0 Å². The van der Waals surface area contributed by atoms with Crippen molar-refractivity contribution in [2.24, 2.45) is 21.7 Å². The molecule has 0 aromatic heterocycles. The number of nitrogens with zero attached hydrogens (tertiary/aromatic N) is 1. The minimum absolute atomic E-state index is 0.122. The zero-order valence-electron chi connectivity index (χ0n) is 18.2. The van der Waals surface area contributed by atoms with E-state index in [4.69, 9.17) is 23.9 Å². The molecule has 2 heterocycles. The molecule has 1 saturated carbocycles. The van der Waals surface area contributed by atoms with Gasteiger partial charge in [-0.1, -0.05) is 50.3 Å². The molecule has 2 fully saturated rings. The molecule has 1 spiro atoms. The van der Waals surface area contributed by atoms with Gasteiger partial charge >= 0.3 is 11.9 Å². The summed E-state index contributed by atoms with van der Waals surface area (Å²) in [5.74, 6) is -2.77. The Morgan fingerprint density at radius 1 is 1.06 bits per heavy atom. The third-order valence-electron chi connectivity index (χ3n) is 7.39. The minimum atomic E-state index is -1.56. The highest BCUT2D eigenvalue weighted by Gasteiger charge is 2.88. The highest BCUT2D eigenvalue weighted by atomic mass is 16.7. The average Bonchev–Trinajstić information content (AvgIpc) is 3.42. The van der Waals surface area contributed by atoms with Crippen molar-refractivity contribution in [3.63, 3.8) is 0 Å². The molecule has 1 aromatic rings. The Morgan fingerprint density at radius 2 is 1.74 bits per heavy atom. The van der Waals surface area contributed by atoms with E-state index >= 15 is 0 Å². The maximum Gasteiger partial charge on any atom is 0.334 e. The van der Waals surface area contributed by atoms with Crippen molar-refractivity contribution < 1.29 is 28.5 Å². The summed E-state index contributed by atoms with van der Waals surface area (Å²) in [6.45, 7) is 4.83. The highest BCUT2D eigenvalue weighted by Crippen LogP contribution is 2.74. The Kier molecular flexibility index (Phi) is 4.27. The first-order valence-electron chi connectivity index (χ1n) is 10.6. The van der Waals surface area contributed by atoms with Crippen molar-refractivity contribution in [1.29, 1.82) is 0 Å². The molecule has 5 rings (SSSR count). The molecule has 0 radical (unpaired) electrons. The van der Waals surface area contributed by atoms with Gasteiger partial charge in [-0.2, -0.15) is 0 Å². The summed E-state index contributed by atoms with van der Waals surface area (Å²) in [6, 6.07) is 9.25. The number of methoxy groups -OCH3 is 2. The maximum atomic E-state index is 13.7. The van der Waals surface area contributed by atoms with Gasteiger partial charge in [0.15, 0.2) is 5.41 Å². The van der Waals surface area contributed by atoms with Crippen LogP contribution in [0.3, 0.4) is 0 Å². The monoisotopic (exact) mass is 425 g/mol. The summed E-state index contributed by atoms with van der Waals surface area (Å²) in [4.78, 5) is 31.5. The number of esters is 2. The van der Waals surface area contributed by atoms with Crippen molar-refractivity contribution in [2.45, 2.75) is 37.5 Å². The fraction of sp³-hybridized carbons (Fsp3) is 0.542. The minimum Gasteiger partial charge on any atom is -0.468 e. The normalized spacial score (nSPS) is 36.2. The first kappa shape index (κ1) is 20.4. The van der Waals surface area contributed by atoms with E-state index < -0.39 is 34.6 Å². The van der Waals surface area contributed by atoms with Crippen molar-refractivity contribution in [2.75, 3.05) is 27.4 Å². The molecule has 4 aliphatic rings. The number of hydrogen-bond donors (Lipinski definition) is 0. The number of benzene rings is 1. The van der Waals surface area contributed by atoms with E-state index in [1.54, 1.807) is 0 Å². The van der Waals surface area contributed by atoms with Crippen LogP contribution in [0.1, 0.15) is 25.8 Å². The molecule has 7 nitrogen and oxygen atoms in total. The van der Waals surface area contributed by atoms with Crippen LogP contribution in [0.4, 0.5) is 0 Å². The van der Waals surface area contributed by atoms with Crippen molar-refractivity contribution in [1.82, 2.24) is 0 Å². The lowest BCUT2D eigenvalue weighted by atomic mass is 9.68. The van der Waals surface area contributed by atoms with Gasteiger partial charge in [0.05, 0.1) is 44.5 Å². The van der Waals surface area contributed by atoms with Gasteiger partial charge in [-0.15, -0.1) is 0 Å². The molecule has 4 atom stereocenters. The van der Waals surface area contributed by atoms with Gasteiger partial charge in [0.1, 0.15) is 0 Å². The fourth-order valence-corrected chi connectivity index (χ4v) is 6.22. The van der Waals surface area contributed by atoms with E-state index in [0.717, 1.165) is 5.56 Å². The van der Waals surface area contributed by atoms with Gasteiger partial charge in [0, 0.05) is 11.3 Å². The van der Waals surface area contributed by atoms with Crippen LogP contribution in [0.2, 0.25) is 0 Å². The van der Waals surface area contributed by atoms with Crippen LogP contribution in [-0.2, 0) is 34.0 Å². The van der Waals surface area contributed by atoms with Gasteiger partial charge in [-0.3, -0.25) is 9.79 Å². The Morgan fingerprint density at radius 3 is 2.35 bits per heavy atom. The number of rotatable bonds is 3. The lowest BCUT2D eigenvalue weighted by molar-refractivity contribution is -0.342. The maximum absolute atomic E-state index is 13.7. The molecule has 1 saturated heterocycles. The molecular formula is C24H27NO6. The summed E-state index contributed by atoms with van der Waals surface area (Å²) >= 11 is 0. The lowest BCUT2D eigenvalue weighted by Gasteiger charge is -2.52. The molecule has 164 valence electrons. The molecule has 0 unspecified atom stereocenters. The summed E-state index contributed by atoms with van der Waals surface area (Å²) in [6.07, 6.45) is 4.32. The molecule has 31 heavy (non-hydrogen) atoms. The number of fused-ring (bicyclic) bond motifs is 3. The summed E-state index contributed by atoms with van der Waals surface area (Å²) in [5.41, 5.74) is -1.58. The topological polar surface area (TPSA) is 83.4 Å². The van der Waals surface area contributed by atoms with Crippen LogP contribution in [0.15, 0.2) is 47.0 Å². The van der Waals surface area contributed by atoms with E-state index in [0.29, 0.717) is 19.6 Å². The number of ether oxygens (including phenoxy) is 4. The number of carbonyl (C=O) groups excluding carboxylic acids is 2. The van der Waals surface area contributed by atoms with Crippen LogP contribution >= 0.6 is 0 Å². The SMILES string of the molecule is COC(=O)C1=C[C@]2(c3ccccc3)[C@@H]3CC=N[C@@H]3[C@@]1(C(=O)OC)C21OCC(C)(C)CO1. The third kappa shape index (κ3) is 2.18. The number of hydrogen-bond acceptors (Lipinski definition) is 7. The second-order valence-electron chi connectivity index (χ2n) is 9.56. The summed E-state index contributed by atoms with van der Waals surface area (Å²) in [7, 11) is 2.63. The quantitative estimate of drug-likeness (QED) is 0.692. The predicted octanol–water partition coefficient (Wildman–Crippen LogP) is 2.44. The smallest absolute Gasteiger partial charge is 0.334 e. The molecule has 1 aromatic carbocycles. The highest BCUT2D eigenvalue weighted by molar-refractivity contribution is 6.03. The van der Waals surface area contributed by atoms with Gasteiger partial charge in [0.25, 0.3) is 0 Å². The van der Waals surface area contributed by atoms with Crippen LogP contribution in [0.25, 0.3) is 0 Å². The summed E-state index contributed by atoms with van der Waals surface area (Å²) < 4.78 is 23.7. The van der Waals surface area contributed by atoms with E-state index in [2.05, 4.69) is 0 Å². The second-order valence-corrected chi connectivity index (χ2v) is 9.56. The largest absolute Gasteiger partial charge is 0.468 e. The van der Waals surface area contributed by atoms with Crippen LogP contribution < -0.4 is 0 Å². The van der Waals surface area contributed by atoms with E-state index in [1.807, 2.05) is 56.5 Å². The first-order valence-corrected chi connectivity index (χ1v) is 10.6. The molecule has 0 amide bonds. The van der Waals surface area contributed by atoms with Gasteiger partial charge < -0.3 is 18.9 Å². The van der Waals surface area contributed by atoms with Crippen molar-refractivity contribution >= 4 is 18.2 Å². The standard InChI is InChI=1S/C24H27NO6/c1-21(2)13-30-24(31-14-21)22(15-8-6-5-7-9-15)12-17(19(26)28-3)23(24,20(27)29-4)18-16(22)10-11-25-18/h5-9,11-12,16,18H,10,13-14H2,1-4H3/t16-,18+,22+,23+/m1/s1.